The van der Waals surface area contributed by atoms with E-state index in [0.717, 1.165) is 33.9 Å². The Morgan fingerprint density at radius 2 is 1.72 bits per heavy atom. The Hall–Kier alpha value is -3.97. The predicted molar refractivity (Wildman–Crippen MR) is 134 cm³/mol. The van der Waals surface area contributed by atoms with Crippen LogP contribution < -0.4 is 15.5 Å². The number of para-hydroxylation sites is 1. The molecule has 0 atom stereocenters. The Labute approximate surface area is 192 Å². The minimum atomic E-state index is 0.409. The third kappa shape index (κ3) is 5.19. The number of nitrogens with zero attached hydrogens (tertiary/aromatic N) is 3. The molecule has 1 heterocycles. The van der Waals surface area contributed by atoms with Gasteiger partial charge in [-0.1, -0.05) is 35.9 Å². The molecule has 0 unspecified atom stereocenters. The van der Waals surface area contributed by atoms with Crippen LogP contribution in [0.3, 0.4) is 0 Å². The van der Waals surface area contributed by atoms with Crippen LogP contribution in [0.1, 0.15) is 11.1 Å². The first-order chi connectivity index (χ1) is 15.6. The van der Waals surface area contributed by atoms with E-state index in [1.807, 2.05) is 96.7 Å². The lowest BCUT2D eigenvalue weighted by molar-refractivity contribution is 0.415. The molecule has 1 aromatic heterocycles. The van der Waals surface area contributed by atoms with Crippen molar-refractivity contribution in [2.45, 2.75) is 6.92 Å². The molecule has 0 fully saturated rings. The average molecular weight is 442 g/mol. The number of ether oxygens (including phenoxy) is 1. The molecule has 32 heavy (non-hydrogen) atoms. The molecule has 3 aromatic carbocycles. The van der Waals surface area contributed by atoms with Crippen molar-refractivity contribution < 1.29 is 4.74 Å². The third-order valence-corrected chi connectivity index (χ3v) is 5.00. The van der Waals surface area contributed by atoms with Crippen molar-refractivity contribution in [2.24, 2.45) is 5.10 Å². The number of hydrazone groups is 1. The SMILES string of the molecule is COc1ccc(-c2nn(-c3ccccc3)cc2C=NNC(=S)Nc2ccc(C)cc2)cc1. The van der Waals surface area contributed by atoms with E-state index in [1.165, 1.54) is 5.56 Å². The molecule has 6 nitrogen and oxygen atoms in total. The van der Waals surface area contributed by atoms with Crippen molar-refractivity contribution >= 4 is 29.2 Å². The highest BCUT2D eigenvalue weighted by molar-refractivity contribution is 7.80. The number of thiocarbonyl (C=S) groups is 1. The monoisotopic (exact) mass is 441 g/mol. The van der Waals surface area contributed by atoms with Crippen LogP contribution in [0.4, 0.5) is 5.69 Å². The maximum Gasteiger partial charge on any atom is 0.191 e. The topological polar surface area (TPSA) is 63.5 Å². The highest BCUT2D eigenvalue weighted by Crippen LogP contribution is 2.25. The zero-order valence-electron chi connectivity index (χ0n) is 17.8. The van der Waals surface area contributed by atoms with Gasteiger partial charge in [0.05, 0.1) is 19.0 Å². The first-order valence-electron chi connectivity index (χ1n) is 10.1. The zero-order chi connectivity index (χ0) is 22.3. The zero-order valence-corrected chi connectivity index (χ0v) is 18.6. The second kappa shape index (κ2) is 9.89. The lowest BCUT2D eigenvalue weighted by Gasteiger charge is -2.07. The van der Waals surface area contributed by atoms with Crippen LogP contribution in [0.2, 0.25) is 0 Å². The molecule has 0 bridgehead atoms. The fourth-order valence-electron chi connectivity index (χ4n) is 3.12. The summed E-state index contributed by atoms with van der Waals surface area (Å²) in [6, 6.07) is 25.7. The number of aromatic nitrogens is 2. The molecule has 4 aromatic rings. The normalized spacial score (nSPS) is 10.8. The van der Waals surface area contributed by atoms with E-state index in [1.54, 1.807) is 13.3 Å². The van der Waals surface area contributed by atoms with Crippen molar-refractivity contribution in [3.05, 3.63) is 96.2 Å². The van der Waals surface area contributed by atoms with Gasteiger partial charge in [-0.05, 0) is 67.7 Å². The van der Waals surface area contributed by atoms with Crippen LogP contribution in [0.25, 0.3) is 16.9 Å². The number of hydrogen-bond acceptors (Lipinski definition) is 4. The molecule has 0 amide bonds. The van der Waals surface area contributed by atoms with Gasteiger partial charge in [0.15, 0.2) is 5.11 Å². The summed E-state index contributed by atoms with van der Waals surface area (Å²) in [5.41, 5.74) is 8.55. The van der Waals surface area contributed by atoms with Gasteiger partial charge in [0.2, 0.25) is 0 Å². The Bertz CT molecular complexity index is 1220. The average Bonchev–Trinajstić information content (AvgIpc) is 3.25. The van der Waals surface area contributed by atoms with Crippen molar-refractivity contribution in [1.82, 2.24) is 15.2 Å². The van der Waals surface area contributed by atoms with E-state index in [-0.39, 0.29) is 0 Å². The van der Waals surface area contributed by atoms with Crippen molar-refractivity contribution in [3.63, 3.8) is 0 Å². The third-order valence-electron chi connectivity index (χ3n) is 4.81. The number of anilines is 1. The highest BCUT2D eigenvalue weighted by Gasteiger charge is 2.11. The maximum atomic E-state index is 5.35. The lowest BCUT2D eigenvalue weighted by atomic mass is 10.1. The van der Waals surface area contributed by atoms with E-state index in [9.17, 15) is 0 Å². The molecule has 0 aliphatic heterocycles. The summed E-state index contributed by atoms with van der Waals surface area (Å²) < 4.78 is 7.11. The second-order valence-corrected chi connectivity index (χ2v) is 7.54. The summed E-state index contributed by atoms with van der Waals surface area (Å²) >= 11 is 5.35. The molecular weight excluding hydrogens is 418 g/mol. The van der Waals surface area contributed by atoms with Gasteiger partial charge >= 0.3 is 0 Å². The summed E-state index contributed by atoms with van der Waals surface area (Å²) in [7, 11) is 1.65. The van der Waals surface area contributed by atoms with Gasteiger partial charge in [0.25, 0.3) is 0 Å². The van der Waals surface area contributed by atoms with E-state index in [4.69, 9.17) is 22.1 Å². The van der Waals surface area contributed by atoms with Crippen LogP contribution >= 0.6 is 12.2 Å². The van der Waals surface area contributed by atoms with Gasteiger partial charge in [0, 0.05) is 23.0 Å². The summed E-state index contributed by atoms with van der Waals surface area (Å²) in [5, 5.41) is 12.6. The predicted octanol–water partition coefficient (Wildman–Crippen LogP) is 5.18. The molecule has 0 spiro atoms. The van der Waals surface area contributed by atoms with Gasteiger partial charge < -0.3 is 10.1 Å². The molecule has 0 radical (unpaired) electrons. The van der Waals surface area contributed by atoms with Crippen LogP contribution in [0.15, 0.2) is 90.2 Å². The fourth-order valence-corrected chi connectivity index (χ4v) is 3.29. The molecular formula is C25H23N5OS. The Kier molecular flexibility index (Phi) is 6.57. The van der Waals surface area contributed by atoms with Gasteiger partial charge in [-0.25, -0.2) is 4.68 Å². The summed E-state index contributed by atoms with van der Waals surface area (Å²) in [6.07, 6.45) is 3.66. The van der Waals surface area contributed by atoms with Gasteiger partial charge in [0.1, 0.15) is 11.4 Å². The number of methoxy groups -OCH3 is 1. The molecule has 0 saturated heterocycles. The Morgan fingerprint density at radius 1 is 1.00 bits per heavy atom. The van der Waals surface area contributed by atoms with E-state index < -0.39 is 0 Å². The Balaban J connectivity index is 1.56. The van der Waals surface area contributed by atoms with Crippen LogP contribution in [-0.2, 0) is 0 Å². The maximum absolute atomic E-state index is 5.35. The first kappa shape index (κ1) is 21.3. The van der Waals surface area contributed by atoms with E-state index in [0.29, 0.717) is 5.11 Å². The minimum Gasteiger partial charge on any atom is -0.497 e. The minimum absolute atomic E-state index is 0.409. The van der Waals surface area contributed by atoms with Crippen molar-refractivity contribution in [1.29, 1.82) is 0 Å². The van der Waals surface area contributed by atoms with E-state index in [2.05, 4.69) is 15.8 Å². The first-order valence-corrected chi connectivity index (χ1v) is 10.5. The highest BCUT2D eigenvalue weighted by atomic mass is 32.1. The largest absolute Gasteiger partial charge is 0.497 e. The second-order valence-electron chi connectivity index (χ2n) is 7.13. The summed E-state index contributed by atoms with van der Waals surface area (Å²) in [5.74, 6) is 0.792. The number of nitrogens with one attached hydrogen (secondary N) is 2. The molecule has 4 rings (SSSR count). The molecule has 2 N–H and O–H groups in total. The van der Waals surface area contributed by atoms with Crippen molar-refractivity contribution in [2.75, 3.05) is 12.4 Å². The number of hydrogen-bond donors (Lipinski definition) is 2. The van der Waals surface area contributed by atoms with Crippen molar-refractivity contribution in [3.8, 4) is 22.7 Å². The molecule has 0 aliphatic carbocycles. The Morgan fingerprint density at radius 3 is 2.41 bits per heavy atom. The van der Waals surface area contributed by atoms with Gasteiger partial charge in [-0.15, -0.1) is 0 Å². The quantitative estimate of drug-likeness (QED) is 0.245. The molecule has 7 heteroatoms. The van der Waals surface area contributed by atoms with Crippen LogP contribution in [-0.4, -0.2) is 28.2 Å². The summed E-state index contributed by atoms with van der Waals surface area (Å²) in [4.78, 5) is 0. The molecule has 160 valence electrons. The smallest absolute Gasteiger partial charge is 0.191 e. The number of benzene rings is 3. The molecule has 0 aliphatic rings. The molecule has 0 saturated carbocycles. The standard InChI is InChI=1S/C25H23N5OS/c1-18-8-12-21(13-9-18)27-25(32)28-26-16-20-17-30(22-6-4-3-5-7-22)29-24(20)19-10-14-23(31-2)15-11-19/h3-17H,1-2H3,(H2,27,28,32). The fraction of sp³-hybridized carbons (Fsp3) is 0.0800. The lowest BCUT2D eigenvalue weighted by Crippen LogP contribution is -2.23. The van der Waals surface area contributed by atoms with Gasteiger partial charge in [-0.3, -0.25) is 5.43 Å². The van der Waals surface area contributed by atoms with Crippen LogP contribution in [0.5, 0.6) is 5.75 Å². The van der Waals surface area contributed by atoms with Crippen LogP contribution in [0, 0.1) is 6.92 Å². The summed E-state index contributed by atoms with van der Waals surface area (Å²) in [6.45, 7) is 2.04. The van der Waals surface area contributed by atoms with Gasteiger partial charge in [-0.2, -0.15) is 10.2 Å². The van der Waals surface area contributed by atoms with E-state index >= 15 is 0 Å². The number of rotatable bonds is 6. The number of aryl methyl sites for hydroxylation is 1.